The molecule has 0 saturated carbocycles. The van der Waals surface area contributed by atoms with E-state index in [0.717, 1.165) is 29.4 Å². The first-order valence-corrected chi connectivity index (χ1v) is 9.34. The van der Waals surface area contributed by atoms with Gasteiger partial charge in [0, 0.05) is 17.6 Å². The molecule has 0 spiro atoms. The Kier molecular flexibility index (Phi) is 5.65. The molecule has 1 aromatic carbocycles. The van der Waals surface area contributed by atoms with Crippen LogP contribution in [0.3, 0.4) is 0 Å². The summed E-state index contributed by atoms with van der Waals surface area (Å²) in [6, 6.07) is 5.62. The van der Waals surface area contributed by atoms with Crippen molar-refractivity contribution in [3.8, 4) is 0 Å². The number of hydrogen-bond acceptors (Lipinski definition) is 3. The first-order chi connectivity index (χ1) is 9.92. The maximum Gasteiger partial charge on any atom is 0.301 e. The quantitative estimate of drug-likeness (QED) is 0.829. The molecule has 0 radical (unpaired) electrons. The first kappa shape index (κ1) is 16.7. The zero-order chi connectivity index (χ0) is 15.5. The zero-order valence-electron chi connectivity index (χ0n) is 12.4. The number of nitrogens with zero attached hydrogens (tertiary/aromatic N) is 1. The van der Waals surface area contributed by atoms with Gasteiger partial charge in [-0.25, -0.2) is 0 Å². The maximum absolute atomic E-state index is 12.5. The fourth-order valence-corrected chi connectivity index (χ4v) is 4.45. The van der Waals surface area contributed by atoms with E-state index < -0.39 is 10.2 Å². The average Bonchev–Trinajstić information content (AvgIpc) is 2.43. The Balaban J connectivity index is 2.12. The van der Waals surface area contributed by atoms with E-state index in [4.69, 9.17) is 0 Å². The van der Waals surface area contributed by atoms with Gasteiger partial charge in [0.05, 0.1) is 5.69 Å². The molecule has 2 rings (SSSR count). The largest absolute Gasteiger partial charge is 0.319 e. The molecule has 5 nitrogen and oxygen atoms in total. The Morgan fingerprint density at radius 2 is 2.19 bits per heavy atom. The minimum atomic E-state index is -3.50. The van der Waals surface area contributed by atoms with Gasteiger partial charge in [-0.2, -0.15) is 12.7 Å². The van der Waals surface area contributed by atoms with Gasteiger partial charge in [0.15, 0.2) is 0 Å². The molecule has 0 amide bonds. The molecule has 0 aliphatic carbocycles. The van der Waals surface area contributed by atoms with Crippen molar-refractivity contribution < 1.29 is 8.42 Å². The summed E-state index contributed by atoms with van der Waals surface area (Å²) in [6.07, 6.45) is 1.98. The highest BCUT2D eigenvalue weighted by Crippen LogP contribution is 2.26. The van der Waals surface area contributed by atoms with Crippen molar-refractivity contribution in [1.82, 2.24) is 9.62 Å². The van der Waals surface area contributed by atoms with Crippen LogP contribution in [-0.2, 0) is 10.2 Å². The van der Waals surface area contributed by atoms with Crippen LogP contribution in [0, 0.1) is 12.8 Å². The van der Waals surface area contributed by atoms with Gasteiger partial charge in [0.1, 0.15) is 0 Å². The molecule has 2 N–H and O–H groups in total. The summed E-state index contributed by atoms with van der Waals surface area (Å²) < 4.78 is 30.1. The fraction of sp³-hybridized carbons (Fsp3) is 0.571. The number of piperidine rings is 1. The van der Waals surface area contributed by atoms with Crippen LogP contribution in [0.15, 0.2) is 22.7 Å². The highest BCUT2D eigenvalue weighted by Gasteiger charge is 2.28. The van der Waals surface area contributed by atoms with Gasteiger partial charge >= 0.3 is 10.2 Å². The first-order valence-electron chi connectivity index (χ1n) is 7.11. The Morgan fingerprint density at radius 1 is 1.43 bits per heavy atom. The fourth-order valence-electron chi connectivity index (χ4n) is 2.62. The van der Waals surface area contributed by atoms with Crippen LogP contribution in [0.2, 0.25) is 0 Å². The lowest BCUT2D eigenvalue weighted by atomic mass is 10.00. The SMILES string of the molecule is CNCC1CCCN(S(=O)(=O)Nc2cc(C)ccc2Br)C1. The minimum absolute atomic E-state index is 0.376. The van der Waals surface area contributed by atoms with Gasteiger partial charge in [-0.1, -0.05) is 6.07 Å². The number of nitrogens with one attached hydrogen (secondary N) is 2. The second-order valence-corrected chi connectivity index (χ2v) is 8.04. The summed E-state index contributed by atoms with van der Waals surface area (Å²) >= 11 is 3.39. The highest BCUT2D eigenvalue weighted by atomic mass is 79.9. The van der Waals surface area contributed by atoms with E-state index >= 15 is 0 Å². The predicted molar refractivity (Wildman–Crippen MR) is 89.6 cm³/mol. The van der Waals surface area contributed by atoms with Crippen molar-refractivity contribution in [2.75, 3.05) is 31.4 Å². The molecule has 1 saturated heterocycles. The second-order valence-electron chi connectivity index (χ2n) is 5.51. The van der Waals surface area contributed by atoms with Crippen LogP contribution in [0.25, 0.3) is 0 Å². The summed E-state index contributed by atoms with van der Waals surface area (Å²) in [7, 11) is -1.60. The van der Waals surface area contributed by atoms with E-state index in [1.54, 1.807) is 4.31 Å². The van der Waals surface area contributed by atoms with Crippen molar-refractivity contribution in [3.63, 3.8) is 0 Å². The van der Waals surface area contributed by atoms with E-state index in [2.05, 4.69) is 26.0 Å². The molecule has 1 atom stereocenters. The lowest BCUT2D eigenvalue weighted by molar-refractivity contribution is 0.264. The van der Waals surface area contributed by atoms with Gasteiger partial charge < -0.3 is 5.32 Å². The van der Waals surface area contributed by atoms with Crippen molar-refractivity contribution in [2.45, 2.75) is 19.8 Å². The third kappa shape index (κ3) is 4.42. The molecule has 21 heavy (non-hydrogen) atoms. The molecule has 1 fully saturated rings. The summed E-state index contributed by atoms with van der Waals surface area (Å²) in [5, 5.41) is 3.13. The van der Waals surface area contributed by atoms with Crippen LogP contribution in [0.4, 0.5) is 5.69 Å². The summed E-state index contributed by atoms with van der Waals surface area (Å²) in [5.41, 5.74) is 1.60. The predicted octanol–water partition coefficient (Wildman–Crippen LogP) is 2.35. The summed E-state index contributed by atoms with van der Waals surface area (Å²) in [4.78, 5) is 0. The molecule has 1 aliphatic rings. The molecule has 0 aromatic heterocycles. The minimum Gasteiger partial charge on any atom is -0.319 e. The Bertz CT molecular complexity index is 590. The van der Waals surface area contributed by atoms with Crippen LogP contribution in [-0.4, -0.2) is 39.4 Å². The molecule has 1 aromatic rings. The van der Waals surface area contributed by atoms with Gasteiger partial charge in [0.25, 0.3) is 0 Å². The maximum atomic E-state index is 12.5. The van der Waals surface area contributed by atoms with Gasteiger partial charge in [0.2, 0.25) is 0 Å². The van der Waals surface area contributed by atoms with Crippen molar-refractivity contribution in [3.05, 3.63) is 28.2 Å². The van der Waals surface area contributed by atoms with Crippen molar-refractivity contribution in [2.24, 2.45) is 5.92 Å². The van der Waals surface area contributed by atoms with Crippen LogP contribution in [0.1, 0.15) is 18.4 Å². The lowest BCUT2D eigenvalue weighted by Crippen LogP contribution is -2.44. The second kappa shape index (κ2) is 7.09. The molecule has 1 aliphatic heterocycles. The lowest BCUT2D eigenvalue weighted by Gasteiger charge is -2.32. The van der Waals surface area contributed by atoms with Crippen LogP contribution in [0.5, 0.6) is 0 Å². The molecule has 118 valence electrons. The Labute approximate surface area is 135 Å². The Hall–Kier alpha value is -0.630. The summed E-state index contributed by atoms with van der Waals surface area (Å²) in [6.45, 7) is 3.94. The van der Waals surface area contributed by atoms with Gasteiger partial charge in [-0.15, -0.1) is 0 Å². The molecule has 1 heterocycles. The smallest absolute Gasteiger partial charge is 0.301 e. The van der Waals surface area contributed by atoms with E-state index in [1.165, 1.54) is 0 Å². The zero-order valence-corrected chi connectivity index (χ0v) is 14.8. The van der Waals surface area contributed by atoms with Gasteiger partial charge in [-0.05, 0) is 72.9 Å². The monoisotopic (exact) mass is 375 g/mol. The number of hydrogen-bond donors (Lipinski definition) is 2. The molecule has 1 unspecified atom stereocenters. The van der Waals surface area contributed by atoms with E-state index in [1.807, 2.05) is 32.2 Å². The molecule has 0 bridgehead atoms. The third-order valence-corrected chi connectivity index (χ3v) is 5.86. The number of rotatable bonds is 5. The molecular weight excluding hydrogens is 354 g/mol. The number of halogens is 1. The molecular formula is C14H22BrN3O2S. The van der Waals surface area contributed by atoms with E-state index in [0.29, 0.717) is 24.7 Å². The Morgan fingerprint density at radius 3 is 2.90 bits per heavy atom. The summed E-state index contributed by atoms with van der Waals surface area (Å²) in [5.74, 6) is 0.376. The van der Waals surface area contributed by atoms with Crippen LogP contribution < -0.4 is 10.0 Å². The topological polar surface area (TPSA) is 61.4 Å². The number of benzene rings is 1. The van der Waals surface area contributed by atoms with Crippen molar-refractivity contribution >= 4 is 31.8 Å². The van der Waals surface area contributed by atoms with E-state index in [-0.39, 0.29) is 0 Å². The molecule has 7 heteroatoms. The number of aryl methyl sites for hydroxylation is 1. The van der Waals surface area contributed by atoms with Crippen LogP contribution >= 0.6 is 15.9 Å². The van der Waals surface area contributed by atoms with E-state index in [9.17, 15) is 8.42 Å². The average molecular weight is 376 g/mol. The highest BCUT2D eigenvalue weighted by molar-refractivity contribution is 9.10. The number of anilines is 1. The standard InChI is InChI=1S/C14H22BrN3O2S/c1-11-5-6-13(15)14(8-11)17-21(19,20)18-7-3-4-12(10-18)9-16-2/h5-6,8,12,16-17H,3-4,7,9-10H2,1-2H3. The van der Waals surface area contributed by atoms with Crippen molar-refractivity contribution in [1.29, 1.82) is 0 Å². The normalized spacial score (nSPS) is 20.4. The third-order valence-electron chi connectivity index (χ3n) is 3.68. The van der Waals surface area contributed by atoms with Gasteiger partial charge in [-0.3, -0.25) is 4.72 Å².